The molecule has 0 spiro atoms. The highest BCUT2D eigenvalue weighted by Crippen LogP contribution is 2.17. The molecule has 5 heteroatoms. The first kappa shape index (κ1) is 19.9. The molecule has 0 bridgehead atoms. The van der Waals surface area contributed by atoms with Gasteiger partial charge < -0.3 is 10.2 Å². The van der Waals surface area contributed by atoms with E-state index in [-0.39, 0.29) is 5.91 Å². The molecule has 1 amide bonds. The highest BCUT2D eigenvalue weighted by molar-refractivity contribution is 6.04. The Morgan fingerprint density at radius 1 is 0.900 bits per heavy atom. The quantitative estimate of drug-likeness (QED) is 0.677. The number of benzene rings is 2. The average Bonchev–Trinajstić information content (AvgIpc) is 2.81. The lowest BCUT2D eigenvalue weighted by molar-refractivity contribution is 0.102. The van der Waals surface area contributed by atoms with Crippen molar-refractivity contribution in [3.8, 4) is 0 Å². The van der Waals surface area contributed by atoms with Crippen molar-refractivity contribution < 1.29 is 4.79 Å². The van der Waals surface area contributed by atoms with Gasteiger partial charge in [0.05, 0.1) is 11.9 Å². The number of nitrogens with zero attached hydrogens (tertiary/aromatic N) is 3. The molecule has 1 fully saturated rings. The SMILES string of the molecule is O=C(Nc1ccc(N2CCN(C/C=C/c3ccccc3)CC2)nc1)c1ccccc1. The molecular weight excluding hydrogens is 372 g/mol. The van der Waals surface area contributed by atoms with Crippen molar-refractivity contribution >= 4 is 23.5 Å². The molecule has 152 valence electrons. The molecule has 0 aliphatic carbocycles. The number of hydrogen-bond acceptors (Lipinski definition) is 4. The molecule has 0 unspecified atom stereocenters. The number of pyridine rings is 1. The van der Waals surface area contributed by atoms with E-state index in [0.29, 0.717) is 11.3 Å². The van der Waals surface area contributed by atoms with Gasteiger partial charge in [-0.2, -0.15) is 0 Å². The highest BCUT2D eigenvalue weighted by Gasteiger charge is 2.17. The van der Waals surface area contributed by atoms with Gasteiger partial charge in [-0.3, -0.25) is 9.69 Å². The highest BCUT2D eigenvalue weighted by atomic mass is 16.1. The monoisotopic (exact) mass is 398 g/mol. The fourth-order valence-corrected chi connectivity index (χ4v) is 3.50. The molecule has 4 rings (SSSR count). The molecule has 1 aliphatic rings. The molecule has 1 saturated heterocycles. The predicted molar refractivity (Wildman–Crippen MR) is 123 cm³/mol. The molecule has 1 aromatic heterocycles. The summed E-state index contributed by atoms with van der Waals surface area (Å²) in [6, 6.07) is 23.5. The van der Waals surface area contributed by atoms with E-state index in [1.54, 1.807) is 18.3 Å². The summed E-state index contributed by atoms with van der Waals surface area (Å²) in [7, 11) is 0. The molecular formula is C25H26N4O. The van der Waals surface area contributed by atoms with Crippen LogP contribution in [-0.2, 0) is 0 Å². The van der Waals surface area contributed by atoms with Crippen LogP contribution in [0, 0.1) is 0 Å². The van der Waals surface area contributed by atoms with Crippen LogP contribution in [0.2, 0.25) is 0 Å². The van der Waals surface area contributed by atoms with E-state index in [1.807, 2.05) is 36.4 Å². The topological polar surface area (TPSA) is 48.5 Å². The largest absolute Gasteiger partial charge is 0.354 e. The van der Waals surface area contributed by atoms with Crippen LogP contribution in [0.15, 0.2) is 85.1 Å². The Bertz CT molecular complexity index is 963. The van der Waals surface area contributed by atoms with Gasteiger partial charge in [-0.1, -0.05) is 60.7 Å². The van der Waals surface area contributed by atoms with Gasteiger partial charge in [-0.15, -0.1) is 0 Å². The van der Waals surface area contributed by atoms with Crippen molar-refractivity contribution in [1.82, 2.24) is 9.88 Å². The first-order chi connectivity index (χ1) is 14.8. The number of carbonyl (C=O) groups excluding carboxylic acids is 1. The number of rotatable bonds is 6. The van der Waals surface area contributed by atoms with Crippen molar-refractivity contribution in [1.29, 1.82) is 0 Å². The lowest BCUT2D eigenvalue weighted by Gasteiger charge is -2.34. The zero-order chi connectivity index (χ0) is 20.6. The van der Waals surface area contributed by atoms with Gasteiger partial charge in [0.25, 0.3) is 5.91 Å². The van der Waals surface area contributed by atoms with Gasteiger partial charge in [-0.05, 0) is 29.8 Å². The van der Waals surface area contributed by atoms with Crippen LogP contribution >= 0.6 is 0 Å². The number of nitrogens with one attached hydrogen (secondary N) is 1. The van der Waals surface area contributed by atoms with Crippen LogP contribution in [-0.4, -0.2) is 48.5 Å². The zero-order valence-corrected chi connectivity index (χ0v) is 16.9. The van der Waals surface area contributed by atoms with Crippen LogP contribution in [0.1, 0.15) is 15.9 Å². The molecule has 1 aliphatic heterocycles. The Labute approximate surface area is 177 Å². The van der Waals surface area contributed by atoms with E-state index < -0.39 is 0 Å². The standard InChI is InChI=1S/C25H26N4O/c30-25(22-11-5-2-6-12-22)27-23-13-14-24(26-20-23)29-18-16-28(17-19-29)15-7-10-21-8-3-1-4-9-21/h1-14,20H,15-19H2,(H,27,30)/b10-7+. The minimum absolute atomic E-state index is 0.123. The van der Waals surface area contributed by atoms with Crippen LogP contribution in [0.3, 0.4) is 0 Å². The Morgan fingerprint density at radius 2 is 1.60 bits per heavy atom. The van der Waals surface area contributed by atoms with E-state index in [4.69, 9.17) is 0 Å². The molecule has 0 radical (unpaired) electrons. The molecule has 2 heterocycles. The summed E-state index contributed by atoms with van der Waals surface area (Å²) >= 11 is 0. The maximum absolute atomic E-state index is 12.3. The minimum Gasteiger partial charge on any atom is -0.354 e. The maximum atomic E-state index is 12.3. The van der Waals surface area contributed by atoms with Crippen LogP contribution in [0.4, 0.5) is 11.5 Å². The number of aromatic nitrogens is 1. The molecule has 30 heavy (non-hydrogen) atoms. The second-order valence-electron chi connectivity index (χ2n) is 7.33. The normalized spacial score (nSPS) is 14.7. The minimum atomic E-state index is -0.123. The Kier molecular flexibility index (Phi) is 6.52. The fourth-order valence-electron chi connectivity index (χ4n) is 3.50. The summed E-state index contributed by atoms with van der Waals surface area (Å²) in [4.78, 5) is 21.5. The first-order valence-corrected chi connectivity index (χ1v) is 10.3. The maximum Gasteiger partial charge on any atom is 0.255 e. The number of amides is 1. The number of hydrogen-bond donors (Lipinski definition) is 1. The van der Waals surface area contributed by atoms with E-state index in [0.717, 1.165) is 38.5 Å². The second kappa shape index (κ2) is 9.85. The molecule has 0 saturated carbocycles. The van der Waals surface area contributed by atoms with Crippen molar-refractivity contribution in [2.24, 2.45) is 0 Å². The molecule has 2 aromatic carbocycles. The third kappa shape index (κ3) is 5.33. The molecule has 5 nitrogen and oxygen atoms in total. The van der Waals surface area contributed by atoms with Crippen LogP contribution in [0.25, 0.3) is 6.08 Å². The number of carbonyl (C=O) groups is 1. The molecule has 0 atom stereocenters. The number of piperazine rings is 1. The van der Waals surface area contributed by atoms with E-state index in [2.05, 4.69) is 56.5 Å². The van der Waals surface area contributed by atoms with E-state index in [1.165, 1.54) is 5.56 Å². The van der Waals surface area contributed by atoms with Gasteiger partial charge in [0.2, 0.25) is 0 Å². The summed E-state index contributed by atoms with van der Waals surface area (Å²) in [6.07, 6.45) is 6.13. The zero-order valence-electron chi connectivity index (χ0n) is 16.9. The summed E-state index contributed by atoms with van der Waals surface area (Å²) in [5.41, 5.74) is 2.58. The van der Waals surface area contributed by atoms with Crippen molar-refractivity contribution in [2.45, 2.75) is 0 Å². The Hall–Kier alpha value is -3.44. The van der Waals surface area contributed by atoms with Crippen molar-refractivity contribution in [2.75, 3.05) is 42.9 Å². The molecule has 1 N–H and O–H groups in total. The Morgan fingerprint density at radius 3 is 2.27 bits per heavy atom. The average molecular weight is 399 g/mol. The van der Waals surface area contributed by atoms with Crippen LogP contribution < -0.4 is 10.2 Å². The van der Waals surface area contributed by atoms with Gasteiger partial charge >= 0.3 is 0 Å². The fraction of sp³-hybridized carbons (Fsp3) is 0.200. The third-order valence-electron chi connectivity index (χ3n) is 5.21. The third-order valence-corrected chi connectivity index (χ3v) is 5.21. The van der Waals surface area contributed by atoms with E-state index >= 15 is 0 Å². The van der Waals surface area contributed by atoms with Crippen LogP contribution in [0.5, 0.6) is 0 Å². The van der Waals surface area contributed by atoms with Crippen molar-refractivity contribution in [3.05, 3.63) is 96.2 Å². The van der Waals surface area contributed by atoms with E-state index in [9.17, 15) is 4.79 Å². The number of anilines is 2. The smallest absolute Gasteiger partial charge is 0.255 e. The van der Waals surface area contributed by atoms with Crippen molar-refractivity contribution in [3.63, 3.8) is 0 Å². The molecule has 3 aromatic rings. The summed E-state index contributed by atoms with van der Waals surface area (Å²) in [6.45, 7) is 4.87. The van der Waals surface area contributed by atoms with Gasteiger partial charge in [-0.25, -0.2) is 4.98 Å². The summed E-state index contributed by atoms with van der Waals surface area (Å²) in [5.74, 6) is 0.828. The lowest BCUT2D eigenvalue weighted by atomic mass is 10.2. The summed E-state index contributed by atoms with van der Waals surface area (Å²) < 4.78 is 0. The summed E-state index contributed by atoms with van der Waals surface area (Å²) in [5, 5.41) is 2.90. The Balaban J connectivity index is 1.25. The van der Waals surface area contributed by atoms with Gasteiger partial charge in [0, 0.05) is 38.3 Å². The lowest BCUT2D eigenvalue weighted by Crippen LogP contribution is -2.46. The second-order valence-corrected chi connectivity index (χ2v) is 7.33. The predicted octanol–water partition coefficient (Wildman–Crippen LogP) is 4.17. The van der Waals surface area contributed by atoms with Gasteiger partial charge in [0.15, 0.2) is 0 Å². The first-order valence-electron chi connectivity index (χ1n) is 10.3. The van der Waals surface area contributed by atoms with Gasteiger partial charge in [0.1, 0.15) is 5.82 Å².